The molecule has 1 saturated heterocycles. The first-order valence-electron chi connectivity index (χ1n) is 11.7. The van der Waals surface area contributed by atoms with Crippen molar-refractivity contribution >= 4 is 45.3 Å². The Kier molecular flexibility index (Phi) is 6.02. The molecule has 0 bridgehead atoms. The highest BCUT2D eigenvalue weighted by atomic mass is 35.5. The highest BCUT2D eigenvalue weighted by Crippen LogP contribution is 2.30. The molecule has 182 valence electrons. The van der Waals surface area contributed by atoms with E-state index in [1.54, 1.807) is 20.8 Å². The lowest BCUT2D eigenvalue weighted by molar-refractivity contribution is 0.0564. The number of imidazole rings is 1. The molecule has 1 aliphatic rings. The quantitative estimate of drug-likeness (QED) is 0.388. The molecule has 35 heavy (non-hydrogen) atoms. The molecule has 0 aliphatic carbocycles. The first kappa shape index (κ1) is 23.4. The summed E-state index contributed by atoms with van der Waals surface area (Å²) in [5, 5.41) is 2.10. The van der Waals surface area contributed by atoms with E-state index in [1.165, 1.54) is 22.5 Å². The zero-order chi connectivity index (χ0) is 24.7. The fourth-order valence-corrected chi connectivity index (χ4v) is 4.73. The number of nitrogens with one attached hydrogen (secondary N) is 1. The van der Waals surface area contributed by atoms with Gasteiger partial charge in [0.1, 0.15) is 16.6 Å². The molecular weight excluding hydrogens is 466 g/mol. The summed E-state index contributed by atoms with van der Waals surface area (Å²) in [6.07, 6.45) is 1.77. The number of aromatic nitrogens is 3. The number of rotatable bonds is 4. The summed E-state index contributed by atoms with van der Waals surface area (Å²) in [5.41, 5.74) is 1.79. The average molecular weight is 494 g/mol. The Labute approximate surface area is 208 Å². The van der Waals surface area contributed by atoms with E-state index in [9.17, 15) is 9.59 Å². The van der Waals surface area contributed by atoms with Gasteiger partial charge in [-0.15, -0.1) is 0 Å². The number of pyridine rings is 1. The van der Waals surface area contributed by atoms with Gasteiger partial charge in [-0.25, -0.2) is 14.6 Å². The third-order valence-corrected chi connectivity index (χ3v) is 6.28. The van der Waals surface area contributed by atoms with Gasteiger partial charge in [-0.1, -0.05) is 41.9 Å². The number of H-pyrrole nitrogens is 1. The van der Waals surface area contributed by atoms with Crippen molar-refractivity contribution in [1.82, 2.24) is 19.5 Å². The zero-order valence-corrected chi connectivity index (χ0v) is 20.8. The zero-order valence-electron chi connectivity index (χ0n) is 20.0. The highest BCUT2D eigenvalue weighted by molar-refractivity contribution is 6.35. The van der Waals surface area contributed by atoms with E-state index in [0.717, 1.165) is 25.2 Å². The molecule has 5 rings (SSSR count). The van der Waals surface area contributed by atoms with E-state index < -0.39 is 17.4 Å². The van der Waals surface area contributed by atoms with Gasteiger partial charge in [-0.05, 0) is 70.5 Å². The maximum atomic E-state index is 13.5. The number of amides is 1. The maximum Gasteiger partial charge on any atom is 0.434 e. The number of benzene rings is 2. The summed E-state index contributed by atoms with van der Waals surface area (Å²) in [4.78, 5) is 36.4. The predicted octanol–water partition coefficient (Wildman–Crippen LogP) is 5.33. The summed E-state index contributed by atoms with van der Waals surface area (Å²) in [6, 6.07) is 15.0. The number of likely N-dealkylation sites (tertiary alicyclic amines) is 1. The number of fused-ring (bicyclic) bond motifs is 3. The van der Waals surface area contributed by atoms with Crippen LogP contribution in [-0.2, 0) is 11.3 Å². The molecular formula is C26H28ClN5O3. The van der Waals surface area contributed by atoms with Crippen molar-refractivity contribution in [3.05, 3.63) is 69.7 Å². The number of carbonyl (C=O) groups is 1. The number of carbonyl (C=O) groups excluding carboxylic acids is 1. The minimum Gasteiger partial charge on any atom is -0.442 e. The molecule has 4 aromatic rings. The lowest BCUT2D eigenvalue weighted by atomic mass is 10.2. The largest absolute Gasteiger partial charge is 0.442 e. The molecule has 3 heterocycles. The van der Waals surface area contributed by atoms with Crippen LogP contribution in [0.5, 0.6) is 0 Å². The van der Waals surface area contributed by atoms with E-state index in [1.807, 2.05) is 48.5 Å². The molecule has 0 saturated carbocycles. The number of ether oxygens (including phenoxy) is 1. The second-order valence-corrected chi connectivity index (χ2v) is 10.2. The number of aromatic amines is 1. The van der Waals surface area contributed by atoms with Crippen LogP contribution in [-0.4, -0.2) is 44.3 Å². The van der Waals surface area contributed by atoms with Crippen molar-refractivity contribution < 1.29 is 9.53 Å². The van der Waals surface area contributed by atoms with Gasteiger partial charge in [0.2, 0.25) is 0 Å². The Bertz CT molecular complexity index is 1450. The van der Waals surface area contributed by atoms with Gasteiger partial charge in [0.25, 0.3) is 0 Å². The molecule has 1 aliphatic heterocycles. The lowest BCUT2D eigenvalue weighted by Gasteiger charge is -2.28. The van der Waals surface area contributed by atoms with Crippen molar-refractivity contribution in [2.75, 3.05) is 18.1 Å². The fraction of sp³-hybridized carbons (Fsp3) is 0.346. The minimum atomic E-state index is -0.762. The third-order valence-electron chi connectivity index (χ3n) is 6.01. The Balaban J connectivity index is 1.66. The van der Waals surface area contributed by atoms with Gasteiger partial charge in [-0.2, -0.15) is 9.69 Å². The van der Waals surface area contributed by atoms with Gasteiger partial charge >= 0.3 is 11.8 Å². The number of hydrogen-bond donors (Lipinski definition) is 1. The summed E-state index contributed by atoms with van der Waals surface area (Å²) in [5.74, 6) is 0. The van der Waals surface area contributed by atoms with Gasteiger partial charge in [0.15, 0.2) is 5.15 Å². The van der Waals surface area contributed by atoms with E-state index in [4.69, 9.17) is 16.3 Å². The molecule has 0 radical (unpaired) electrons. The van der Waals surface area contributed by atoms with Crippen LogP contribution < -0.4 is 10.7 Å². The standard InChI is InChI=1S/C26H28ClN5O3/c1-26(2,3)35-25(34)31(18-12-10-17(11-13-18)16-30-14-6-7-15-30)32-22-19-8-4-5-9-20(19)28-23(27)21(22)29-24(32)33/h4-5,8-13H,6-7,14-16H2,1-3H3,(H,29,33). The van der Waals surface area contributed by atoms with E-state index in [-0.39, 0.29) is 5.15 Å². The van der Waals surface area contributed by atoms with E-state index >= 15 is 0 Å². The van der Waals surface area contributed by atoms with Crippen LogP contribution in [0, 0.1) is 0 Å². The Morgan fingerprint density at radius 1 is 1.11 bits per heavy atom. The van der Waals surface area contributed by atoms with Gasteiger partial charge in [-0.3, -0.25) is 4.90 Å². The topological polar surface area (TPSA) is 83.5 Å². The highest BCUT2D eigenvalue weighted by Gasteiger charge is 2.29. The monoisotopic (exact) mass is 493 g/mol. The smallest absolute Gasteiger partial charge is 0.434 e. The minimum absolute atomic E-state index is 0.152. The van der Waals surface area contributed by atoms with Crippen molar-refractivity contribution in [2.24, 2.45) is 0 Å². The first-order valence-corrected chi connectivity index (χ1v) is 12.1. The summed E-state index contributed by atoms with van der Waals surface area (Å²) in [6.45, 7) is 8.41. The second kappa shape index (κ2) is 9.02. The normalized spacial score (nSPS) is 14.6. The SMILES string of the molecule is CC(C)(C)OC(=O)N(c1ccc(CN2CCCC2)cc1)n1c(=O)[nH]c2c(Cl)nc3ccccc3c21. The first-order chi connectivity index (χ1) is 16.7. The van der Waals surface area contributed by atoms with Crippen molar-refractivity contribution in [3.8, 4) is 0 Å². The van der Waals surface area contributed by atoms with Gasteiger partial charge in [0, 0.05) is 11.9 Å². The van der Waals surface area contributed by atoms with Crippen LogP contribution in [0.2, 0.25) is 5.15 Å². The van der Waals surface area contributed by atoms with Crippen molar-refractivity contribution in [1.29, 1.82) is 0 Å². The number of anilines is 1. The van der Waals surface area contributed by atoms with Crippen LogP contribution in [0.3, 0.4) is 0 Å². The number of nitrogens with zero attached hydrogens (tertiary/aromatic N) is 4. The molecule has 1 amide bonds. The predicted molar refractivity (Wildman–Crippen MR) is 138 cm³/mol. The molecule has 9 heteroatoms. The number of hydrogen-bond acceptors (Lipinski definition) is 5. The molecule has 0 atom stereocenters. The van der Waals surface area contributed by atoms with E-state index in [2.05, 4.69) is 14.9 Å². The second-order valence-electron chi connectivity index (χ2n) is 9.83. The van der Waals surface area contributed by atoms with Crippen molar-refractivity contribution in [3.63, 3.8) is 0 Å². The maximum absolute atomic E-state index is 13.5. The van der Waals surface area contributed by atoms with Crippen LogP contribution in [0.25, 0.3) is 21.9 Å². The molecule has 0 spiro atoms. The molecule has 1 fully saturated rings. The van der Waals surface area contributed by atoms with E-state index in [0.29, 0.717) is 27.6 Å². The van der Waals surface area contributed by atoms with Gasteiger partial charge < -0.3 is 9.72 Å². The Morgan fingerprint density at radius 3 is 2.49 bits per heavy atom. The van der Waals surface area contributed by atoms with Crippen LogP contribution in [0.1, 0.15) is 39.2 Å². The molecule has 8 nitrogen and oxygen atoms in total. The van der Waals surface area contributed by atoms with Crippen molar-refractivity contribution in [2.45, 2.75) is 45.8 Å². The Morgan fingerprint density at radius 2 is 1.80 bits per heavy atom. The van der Waals surface area contributed by atoms with Gasteiger partial charge in [0.05, 0.1) is 11.2 Å². The molecule has 2 aromatic heterocycles. The Hall–Kier alpha value is -3.36. The van der Waals surface area contributed by atoms with Crippen LogP contribution >= 0.6 is 11.6 Å². The number of halogens is 1. The lowest BCUT2D eigenvalue weighted by Crippen LogP contribution is -2.44. The average Bonchev–Trinajstić information content (AvgIpc) is 3.43. The molecule has 0 unspecified atom stereocenters. The summed E-state index contributed by atoms with van der Waals surface area (Å²) in [7, 11) is 0. The summed E-state index contributed by atoms with van der Waals surface area (Å²) >= 11 is 6.43. The number of para-hydroxylation sites is 1. The summed E-state index contributed by atoms with van der Waals surface area (Å²) < 4.78 is 7.01. The molecule has 1 N–H and O–H groups in total. The van der Waals surface area contributed by atoms with Crippen LogP contribution in [0.15, 0.2) is 53.3 Å². The van der Waals surface area contributed by atoms with Crippen LogP contribution in [0.4, 0.5) is 10.5 Å². The fourth-order valence-electron chi connectivity index (χ4n) is 4.50. The third kappa shape index (κ3) is 4.63. The molecule has 2 aromatic carbocycles.